The van der Waals surface area contributed by atoms with Gasteiger partial charge in [0.15, 0.2) is 11.8 Å². The van der Waals surface area contributed by atoms with Gasteiger partial charge in [0.25, 0.3) is 0 Å². The van der Waals surface area contributed by atoms with Crippen LogP contribution in [0.5, 0.6) is 0 Å². The van der Waals surface area contributed by atoms with Crippen LogP contribution >= 0.6 is 0 Å². The number of aliphatic hydroxyl groups excluding tert-OH is 2. The second kappa shape index (κ2) is 18.1. The molecule has 1 aliphatic carbocycles. The van der Waals surface area contributed by atoms with E-state index in [2.05, 4.69) is 24.5 Å². The lowest BCUT2D eigenvalue weighted by atomic mass is 9.62. The third-order valence-electron chi connectivity index (χ3n) is 12.0. The Morgan fingerprint density at radius 3 is 2.34 bits per heavy atom. The molecule has 1 aromatic rings. The van der Waals surface area contributed by atoms with Crippen molar-refractivity contribution in [2.24, 2.45) is 10.8 Å². The topological polar surface area (TPSA) is 208 Å². The number of nitrogens with zero attached hydrogens (tertiary/aromatic N) is 1. The fraction of sp³-hybridized carbons (Fsp3) is 0.690. The summed E-state index contributed by atoms with van der Waals surface area (Å²) in [6.45, 7) is 8.79. The number of ether oxygens (including phenoxy) is 5. The van der Waals surface area contributed by atoms with Crippen LogP contribution < -0.4 is 10.6 Å². The smallest absolute Gasteiger partial charge is 0.348 e. The second-order valence-corrected chi connectivity index (χ2v) is 16.9. The van der Waals surface area contributed by atoms with Gasteiger partial charge in [-0.05, 0) is 37.0 Å². The molecule has 4 N–H and O–H groups in total. The molecule has 4 heterocycles. The molecule has 320 valence electrons. The lowest BCUT2D eigenvalue weighted by Crippen LogP contribution is -2.71. The zero-order valence-corrected chi connectivity index (χ0v) is 34.1. The first-order chi connectivity index (χ1) is 27.7. The van der Waals surface area contributed by atoms with Crippen LogP contribution in [0.2, 0.25) is 0 Å². The van der Waals surface area contributed by atoms with E-state index < -0.39 is 95.0 Å². The summed E-state index contributed by atoms with van der Waals surface area (Å²) >= 11 is 0. The summed E-state index contributed by atoms with van der Waals surface area (Å²) in [4.78, 5) is 74.2. The van der Waals surface area contributed by atoms with E-state index in [0.29, 0.717) is 24.0 Å². The van der Waals surface area contributed by atoms with E-state index in [9.17, 15) is 34.2 Å². The second-order valence-electron chi connectivity index (χ2n) is 16.9. The minimum atomic E-state index is -1.64. The van der Waals surface area contributed by atoms with E-state index in [4.69, 9.17) is 28.5 Å². The summed E-state index contributed by atoms with van der Waals surface area (Å²) in [5.74, 6) is -4.46. The molecule has 0 spiro atoms. The third-order valence-corrected chi connectivity index (χ3v) is 12.0. The predicted molar refractivity (Wildman–Crippen MR) is 206 cm³/mol. The van der Waals surface area contributed by atoms with E-state index in [0.717, 1.165) is 38.5 Å². The van der Waals surface area contributed by atoms with Crippen molar-refractivity contribution >= 4 is 35.8 Å². The van der Waals surface area contributed by atoms with Gasteiger partial charge >= 0.3 is 17.9 Å². The van der Waals surface area contributed by atoms with Gasteiger partial charge in [-0.3, -0.25) is 19.2 Å². The maximum absolute atomic E-state index is 14.9. The van der Waals surface area contributed by atoms with Crippen LogP contribution in [0.3, 0.4) is 0 Å². The van der Waals surface area contributed by atoms with Gasteiger partial charge in [0.2, 0.25) is 17.9 Å². The SMILES string of the molecule is CCCCCC1(CCCCC)O[C@@H]2[C@H]3ON(Cc4ccccc4C=CC(=O)O[C@H]4C(=O)OCC4(C)C)[C@H]4C(=O)OC(CC34C(=O)N[C@@H](C(=O)NCCO)[C@H](C)O)[C@@H]2O1. The average Bonchev–Trinajstić information content (AvgIpc) is 3.83. The molecule has 2 amide bonds. The molecule has 1 aromatic carbocycles. The zero-order chi connectivity index (χ0) is 41.8. The minimum Gasteiger partial charge on any atom is -0.462 e. The highest BCUT2D eigenvalue weighted by atomic mass is 16.8. The van der Waals surface area contributed by atoms with Gasteiger partial charge in [0.05, 0.1) is 19.3 Å². The Kier molecular flexibility index (Phi) is 13.6. The maximum Gasteiger partial charge on any atom is 0.348 e. The number of fused-ring (bicyclic) bond motifs is 4. The molecule has 16 heteroatoms. The van der Waals surface area contributed by atoms with Crippen LogP contribution in [-0.4, -0.2) is 119 Å². The maximum atomic E-state index is 14.9. The van der Waals surface area contributed by atoms with Gasteiger partial charge in [0.1, 0.15) is 42.5 Å². The fourth-order valence-corrected chi connectivity index (χ4v) is 8.92. The molecule has 2 unspecified atom stereocenters. The molecule has 2 bridgehead atoms. The Balaban J connectivity index is 1.33. The van der Waals surface area contributed by atoms with Gasteiger partial charge in [-0.1, -0.05) is 77.6 Å². The van der Waals surface area contributed by atoms with Gasteiger partial charge in [0, 0.05) is 37.3 Å². The molecule has 0 radical (unpaired) electrons. The number of rotatable bonds is 19. The number of esters is 3. The highest BCUT2D eigenvalue weighted by Crippen LogP contribution is 2.58. The molecule has 1 saturated carbocycles. The van der Waals surface area contributed by atoms with Gasteiger partial charge in [-0.25, -0.2) is 9.59 Å². The number of unbranched alkanes of at least 4 members (excludes halogenated alkanes) is 4. The first-order valence-corrected chi connectivity index (χ1v) is 20.7. The van der Waals surface area contributed by atoms with Gasteiger partial charge in [-0.15, -0.1) is 0 Å². The number of carbonyl (C=O) groups excluding carboxylic acids is 5. The number of hydroxylamine groups is 2. The average molecular weight is 814 g/mol. The first-order valence-electron chi connectivity index (χ1n) is 20.7. The van der Waals surface area contributed by atoms with E-state index >= 15 is 0 Å². The number of amides is 2. The number of cyclic esters (lactones) is 1. The van der Waals surface area contributed by atoms with Crippen LogP contribution in [0.25, 0.3) is 6.08 Å². The van der Waals surface area contributed by atoms with Crippen molar-refractivity contribution < 1.29 is 62.7 Å². The largest absolute Gasteiger partial charge is 0.462 e. The van der Waals surface area contributed by atoms with Crippen molar-refractivity contribution in [1.82, 2.24) is 15.7 Å². The predicted octanol–water partition coefficient (Wildman–Crippen LogP) is 2.61. The molecule has 4 aliphatic heterocycles. The monoisotopic (exact) mass is 813 g/mol. The molecule has 58 heavy (non-hydrogen) atoms. The number of nitrogens with one attached hydrogen (secondary N) is 2. The number of hydrogen-bond donors (Lipinski definition) is 4. The van der Waals surface area contributed by atoms with Crippen molar-refractivity contribution in [2.75, 3.05) is 19.8 Å². The molecule has 6 rings (SSSR count). The highest BCUT2D eigenvalue weighted by molar-refractivity contribution is 5.96. The Labute approximate surface area is 339 Å². The van der Waals surface area contributed by atoms with E-state index in [1.54, 1.807) is 38.1 Å². The first kappa shape index (κ1) is 43.6. The van der Waals surface area contributed by atoms with Crippen molar-refractivity contribution in [3.63, 3.8) is 0 Å². The van der Waals surface area contributed by atoms with Crippen molar-refractivity contribution in [1.29, 1.82) is 0 Å². The Hall–Kier alpha value is -3.93. The normalized spacial score (nSPS) is 30.3. The highest BCUT2D eigenvalue weighted by Gasteiger charge is 2.76. The molecule has 5 fully saturated rings. The molecule has 4 saturated heterocycles. The molecular weight excluding hydrogens is 754 g/mol. The summed E-state index contributed by atoms with van der Waals surface area (Å²) in [6, 6.07) is 4.38. The molecule has 0 aromatic heterocycles. The number of aliphatic hydroxyl groups is 2. The molecule has 5 aliphatic rings. The van der Waals surface area contributed by atoms with E-state index in [1.165, 1.54) is 24.1 Å². The quantitative estimate of drug-likeness (QED) is 0.0686. The standard InChI is InChI=1S/C42H59N3O13/c1-6-8-12-18-41(19-13-9-7-2)56-31-28-22-42(39(52)44-30(25(3)47)36(49)43-20-21-46)33(37(50)54-28)45(58-34(42)32(31)57-41)23-27-15-11-10-14-26(27)16-17-29(48)55-35-38(51)53-24-40(35,4)5/h10-11,14-17,25,28,30-35,46-47H,6-9,12-13,18-24H2,1-5H3,(H,43,49)(H,44,52)/t25-,28?,30+,31-,32-,33-,34+,35-,42?/m0/s1. The van der Waals surface area contributed by atoms with Crippen LogP contribution in [0.4, 0.5) is 0 Å². The van der Waals surface area contributed by atoms with Gasteiger partial charge in [-0.2, -0.15) is 5.06 Å². The van der Waals surface area contributed by atoms with Crippen LogP contribution in [0.1, 0.15) is 104 Å². The summed E-state index contributed by atoms with van der Waals surface area (Å²) in [6.07, 6.45) is 3.68. The zero-order valence-electron chi connectivity index (χ0n) is 34.1. The summed E-state index contributed by atoms with van der Waals surface area (Å²) in [5.41, 5.74) is -1.13. The summed E-state index contributed by atoms with van der Waals surface area (Å²) in [7, 11) is 0. The Bertz CT molecular complexity index is 1710. The van der Waals surface area contributed by atoms with Crippen molar-refractivity contribution in [2.45, 2.75) is 153 Å². The van der Waals surface area contributed by atoms with E-state index in [1.807, 2.05) is 0 Å². The summed E-state index contributed by atoms with van der Waals surface area (Å²) in [5, 5.41) is 26.6. The molecule has 9 atom stereocenters. The number of carbonyl (C=O) groups is 5. The summed E-state index contributed by atoms with van der Waals surface area (Å²) < 4.78 is 30.4. The van der Waals surface area contributed by atoms with Crippen molar-refractivity contribution in [3.05, 3.63) is 41.5 Å². The third kappa shape index (κ3) is 8.68. The lowest BCUT2D eigenvalue weighted by Gasteiger charge is -2.49. The van der Waals surface area contributed by atoms with Crippen LogP contribution in [0, 0.1) is 10.8 Å². The molecular formula is C42H59N3O13. The Morgan fingerprint density at radius 2 is 1.71 bits per heavy atom. The van der Waals surface area contributed by atoms with E-state index in [-0.39, 0.29) is 32.7 Å². The van der Waals surface area contributed by atoms with Gasteiger partial charge < -0.3 is 44.5 Å². The van der Waals surface area contributed by atoms with Crippen LogP contribution in [0.15, 0.2) is 30.3 Å². The lowest BCUT2D eigenvalue weighted by molar-refractivity contribution is -0.224. The number of hydrogen-bond acceptors (Lipinski definition) is 14. The fourth-order valence-electron chi connectivity index (χ4n) is 8.92. The van der Waals surface area contributed by atoms with Crippen molar-refractivity contribution in [3.8, 4) is 0 Å². The molecule has 16 nitrogen and oxygen atoms in total. The number of benzene rings is 1. The van der Waals surface area contributed by atoms with Crippen LogP contribution in [-0.2, 0) is 59.0 Å². The minimum absolute atomic E-state index is 0.000931. The Morgan fingerprint density at radius 1 is 1.02 bits per heavy atom.